The van der Waals surface area contributed by atoms with E-state index in [1.165, 1.54) is 0 Å². The molecule has 6 nitrogen and oxygen atoms in total. The number of rotatable bonds is 4. The van der Waals surface area contributed by atoms with Crippen molar-refractivity contribution in [3.8, 4) is 0 Å². The van der Waals surface area contributed by atoms with E-state index < -0.39 is 40.7 Å². The molecule has 4 rings (SSSR count). The number of anilines is 1. The summed E-state index contributed by atoms with van der Waals surface area (Å²) in [5.74, 6) is -3.50. The second-order valence-corrected chi connectivity index (χ2v) is 7.68. The maximum atomic E-state index is 15.4. The van der Waals surface area contributed by atoms with E-state index in [1.807, 2.05) is 0 Å². The van der Waals surface area contributed by atoms with Gasteiger partial charge in [0.15, 0.2) is 5.82 Å². The normalized spacial score (nSPS) is 20.7. The Hall–Kier alpha value is -2.55. The Bertz CT molecular complexity index is 1030. The van der Waals surface area contributed by atoms with Gasteiger partial charge >= 0.3 is 5.97 Å². The summed E-state index contributed by atoms with van der Waals surface area (Å²) >= 11 is 0. The summed E-state index contributed by atoms with van der Waals surface area (Å²) in [6.45, 7) is -0.572. The average molecular weight is 395 g/mol. The second kappa shape index (κ2) is 6.51. The number of pyridine rings is 1. The summed E-state index contributed by atoms with van der Waals surface area (Å²) in [4.78, 5) is 25.3. The van der Waals surface area contributed by atoms with Crippen LogP contribution in [0.5, 0.6) is 0 Å². The smallest absolute Gasteiger partial charge is 0.341 e. The molecule has 1 aromatic carbocycles. The van der Waals surface area contributed by atoms with E-state index in [4.69, 9.17) is 5.73 Å². The Morgan fingerprint density at radius 1 is 1.36 bits per heavy atom. The Balaban J connectivity index is 1.92. The summed E-state index contributed by atoms with van der Waals surface area (Å²) < 4.78 is 44.3. The third-order valence-electron chi connectivity index (χ3n) is 6.16. The van der Waals surface area contributed by atoms with Gasteiger partial charge in [-0.05, 0) is 18.9 Å². The molecule has 1 aliphatic heterocycles. The molecule has 0 amide bonds. The van der Waals surface area contributed by atoms with E-state index in [9.17, 15) is 23.5 Å². The van der Waals surface area contributed by atoms with Gasteiger partial charge in [-0.15, -0.1) is 0 Å². The van der Waals surface area contributed by atoms with Gasteiger partial charge in [-0.2, -0.15) is 0 Å². The lowest BCUT2D eigenvalue weighted by Gasteiger charge is -2.41. The highest BCUT2D eigenvalue weighted by Gasteiger charge is 2.49. The van der Waals surface area contributed by atoms with Crippen molar-refractivity contribution in [1.29, 1.82) is 0 Å². The fraction of sp³-hybridized carbons (Fsp3) is 0.474. The first-order valence-electron chi connectivity index (χ1n) is 9.14. The number of hydrogen-bond donors (Lipinski definition) is 2. The average Bonchev–Trinajstić information content (AvgIpc) is 2.94. The van der Waals surface area contributed by atoms with Gasteiger partial charge < -0.3 is 20.3 Å². The standard InChI is InChI=1S/C19H20F3N3O3/c20-4-5-24-7-11(18(27)28)17(26)10-6-12(21)16(14(22)15(10)24)25-8-13(23)19(9-25)2-1-3-19/h6-7,13H,1-5,8-9,23H2,(H,27,28). The lowest BCUT2D eigenvalue weighted by molar-refractivity contribution is 0.0694. The highest BCUT2D eigenvalue weighted by molar-refractivity contribution is 5.93. The van der Waals surface area contributed by atoms with E-state index in [0.717, 1.165) is 36.1 Å². The molecule has 1 saturated carbocycles. The molecular weight excluding hydrogens is 375 g/mol. The minimum Gasteiger partial charge on any atom is -0.477 e. The number of alkyl halides is 1. The first kappa shape index (κ1) is 18.8. The molecule has 28 heavy (non-hydrogen) atoms. The van der Waals surface area contributed by atoms with Crippen LogP contribution in [-0.2, 0) is 6.54 Å². The van der Waals surface area contributed by atoms with Crippen molar-refractivity contribution in [3.05, 3.63) is 39.7 Å². The summed E-state index contributed by atoms with van der Waals surface area (Å²) in [6.07, 6.45) is 3.73. The monoisotopic (exact) mass is 395 g/mol. The maximum Gasteiger partial charge on any atom is 0.341 e. The number of aryl methyl sites for hydroxylation is 1. The van der Waals surface area contributed by atoms with E-state index in [2.05, 4.69) is 0 Å². The minimum atomic E-state index is -1.54. The van der Waals surface area contributed by atoms with E-state index in [-0.39, 0.29) is 35.8 Å². The van der Waals surface area contributed by atoms with Crippen LogP contribution in [0.1, 0.15) is 29.6 Å². The zero-order chi connectivity index (χ0) is 20.2. The van der Waals surface area contributed by atoms with E-state index in [0.29, 0.717) is 6.54 Å². The topological polar surface area (TPSA) is 88.6 Å². The molecule has 0 bridgehead atoms. The fourth-order valence-corrected chi connectivity index (χ4v) is 4.51. The molecule has 0 radical (unpaired) electrons. The number of nitrogens with two attached hydrogens (primary N) is 1. The van der Waals surface area contributed by atoms with Crippen LogP contribution in [0.3, 0.4) is 0 Å². The van der Waals surface area contributed by atoms with Crippen LogP contribution >= 0.6 is 0 Å². The summed E-state index contributed by atoms with van der Waals surface area (Å²) in [5.41, 5.74) is 3.79. The van der Waals surface area contributed by atoms with Gasteiger partial charge in [0.2, 0.25) is 5.43 Å². The Morgan fingerprint density at radius 2 is 2.07 bits per heavy atom. The molecular formula is C19H20F3N3O3. The van der Waals surface area contributed by atoms with Crippen LogP contribution < -0.4 is 16.1 Å². The molecule has 1 saturated heterocycles. The van der Waals surface area contributed by atoms with Gasteiger partial charge in [-0.3, -0.25) is 4.79 Å². The number of aromatic carboxylic acids is 1. The molecule has 2 aliphatic rings. The van der Waals surface area contributed by atoms with Gasteiger partial charge in [-0.25, -0.2) is 18.0 Å². The van der Waals surface area contributed by atoms with Crippen LogP contribution in [0.2, 0.25) is 0 Å². The number of carboxylic acid groups (broad SMARTS) is 1. The van der Waals surface area contributed by atoms with Crippen molar-refractivity contribution in [1.82, 2.24) is 4.57 Å². The molecule has 3 N–H and O–H groups in total. The Labute approximate surface area is 158 Å². The molecule has 2 heterocycles. The fourth-order valence-electron chi connectivity index (χ4n) is 4.51. The molecule has 9 heteroatoms. The second-order valence-electron chi connectivity index (χ2n) is 7.68. The molecule has 2 fully saturated rings. The number of nitrogens with zero attached hydrogens (tertiary/aromatic N) is 2. The van der Waals surface area contributed by atoms with Crippen molar-refractivity contribution in [2.75, 3.05) is 24.7 Å². The number of benzene rings is 1. The lowest BCUT2D eigenvalue weighted by Crippen LogP contribution is -2.45. The Morgan fingerprint density at radius 3 is 2.61 bits per heavy atom. The lowest BCUT2D eigenvalue weighted by atomic mass is 9.66. The van der Waals surface area contributed by atoms with Gasteiger partial charge in [0.25, 0.3) is 0 Å². The number of hydrogen-bond acceptors (Lipinski definition) is 4. The van der Waals surface area contributed by atoms with Crippen molar-refractivity contribution in [2.45, 2.75) is 31.8 Å². The van der Waals surface area contributed by atoms with E-state index >= 15 is 4.39 Å². The van der Waals surface area contributed by atoms with Crippen LogP contribution in [0, 0.1) is 17.0 Å². The molecule has 1 unspecified atom stereocenters. The highest BCUT2D eigenvalue weighted by atomic mass is 19.1. The van der Waals surface area contributed by atoms with Crippen LogP contribution in [0.4, 0.5) is 18.9 Å². The third-order valence-corrected chi connectivity index (χ3v) is 6.16. The molecule has 1 spiro atoms. The molecule has 1 aromatic heterocycles. The van der Waals surface area contributed by atoms with Crippen molar-refractivity contribution in [3.63, 3.8) is 0 Å². The first-order chi connectivity index (χ1) is 13.3. The predicted octanol–water partition coefficient (Wildman–Crippen LogP) is 2.27. The number of aromatic nitrogens is 1. The minimum absolute atomic E-state index is 0.153. The largest absolute Gasteiger partial charge is 0.477 e. The van der Waals surface area contributed by atoms with Crippen molar-refractivity contribution < 1.29 is 23.1 Å². The maximum absolute atomic E-state index is 15.4. The summed E-state index contributed by atoms with van der Waals surface area (Å²) in [5, 5.41) is 8.76. The van der Waals surface area contributed by atoms with Crippen LogP contribution in [0.15, 0.2) is 17.1 Å². The van der Waals surface area contributed by atoms with Gasteiger partial charge in [0.05, 0.1) is 17.4 Å². The number of carboxylic acids is 1. The first-order valence-corrected chi connectivity index (χ1v) is 9.14. The predicted molar refractivity (Wildman–Crippen MR) is 97.5 cm³/mol. The number of carbonyl (C=O) groups is 1. The zero-order valence-electron chi connectivity index (χ0n) is 15.1. The highest BCUT2D eigenvalue weighted by Crippen LogP contribution is 2.49. The molecule has 1 aliphatic carbocycles. The van der Waals surface area contributed by atoms with Gasteiger partial charge in [0.1, 0.15) is 23.7 Å². The van der Waals surface area contributed by atoms with Crippen LogP contribution in [0.25, 0.3) is 10.9 Å². The molecule has 1 atom stereocenters. The summed E-state index contributed by atoms with van der Waals surface area (Å²) in [7, 11) is 0. The van der Waals surface area contributed by atoms with Crippen molar-refractivity contribution >= 4 is 22.6 Å². The SMILES string of the molecule is NC1CN(c2c(F)cc3c(=O)c(C(=O)O)cn(CCF)c3c2F)CC12CCC2. The van der Waals surface area contributed by atoms with Gasteiger partial charge in [0, 0.05) is 30.7 Å². The number of fused-ring (bicyclic) bond motifs is 1. The summed E-state index contributed by atoms with van der Waals surface area (Å²) in [6, 6.07) is 0.632. The quantitative estimate of drug-likeness (QED) is 0.829. The Kier molecular flexibility index (Phi) is 4.37. The van der Waals surface area contributed by atoms with Crippen LogP contribution in [-0.4, -0.2) is 41.4 Å². The number of halogens is 3. The van der Waals surface area contributed by atoms with E-state index in [1.54, 1.807) is 4.90 Å². The van der Waals surface area contributed by atoms with Gasteiger partial charge in [-0.1, -0.05) is 6.42 Å². The zero-order valence-corrected chi connectivity index (χ0v) is 15.1. The van der Waals surface area contributed by atoms with Crippen molar-refractivity contribution in [2.24, 2.45) is 11.1 Å². The molecule has 2 aromatic rings. The third kappa shape index (κ3) is 2.60. The molecule has 150 valence electrons.